The van der Waals surface area contributed by atoms with Crippen molar-refractivity contribution in [3.05, 3.63) is 58.1 Å². The van der Waals surface area contributed by atoms with Gasteiger partial charge in [0.05, 0.1) is 11.0 Å². The average Bonchev–Trinajstić information content (AvgIpc) is 3.22. The number of nitrogens with zero attached hydrogens (tertiary/aromatic N) is 3. The van der Waals surface area contributed by atoms with Crippen LogP contribution in [0.25, 0.3) is 0 Å². The van der Waals surface area contributed by atoms with Gasteiger partial charge in [0, 0.05) is 45.3 Å². The van der Waals surface area contributed by atoms with E-state index in [9.17, 15) is 15.2 Å². The number of β-amino-alcohol motifs (C(OH)–C–C–N with tert-alkyl or cyclic N) is 1. The molecular weight excluding hydrogens is 390 g/mol. The number of nitro benzene ring substituents is 1. The summed E-state index contributed by atoms with van der Waals surface area (Å²) in [6, 6.07) is 12.0. The van der Waals surface area contributed by atoms with Crippen LogP contribution in [0.15, 0.2) is 42.5 Å². The van der Waals surface area contributed by atoms with Crippen molar-refractivity contribution in [1.29, 1.82) is 0 Å². The number of aliphatic hydroxyl groups excluding tert-OH is 1. The molecule has 30 heavy (non-hydrogen) atoms. The molecule has 0 saturated carbocycles. The monoisotopic (exact) mass is 415 g/mol. The Labute approximate surface area is 174 Å². The summed E-state index contributed by atoms with van der Waals surface area (Å²) in [4.78, 5) is 14.9. The second-order valence-corrected chi connectivity index (χ2v) is 7.48. The fourth-order valence-corrected chi connectivity index (χ4v) is 3.66. The number of hydrogen-bond donors (Lipinski definition) is 1. The highest BCUT2D eigenvalue weighted by Crippen LogP contribution is 2.32. The Morgan fingerprint density at radius 3 is 2.63 bits per heavy atom. The molecular formula is C21H25N3O6. The number of nitro groups is 1. The first-order chi connectivity index (χ1) is 14.6. The zero-order valence-corrected chi connectivity index (χ0v) is 16.6. The van der Waals surface area contributed by atoms with Crippen molar-refractivity contribution in [2.75, 3.05) is 46.1 Å². The molecule has 0 bridgehead atoms. The Balaban J connectivity index is 1.19. The summed E-state index contributed by atoms with van der Waals surface area (Å²) < 4.78 is 16.3. The van der Waals surface area contributed by atoms with Crippen molar-refractivity contribution >= 4 is 5.69 Å². The van der Waals surface area contributed by atoms with Crippen LogP contribution in [0.5, 0.6) is 17.2 Å². The molecule has 2 aromatic carbocycles. The van der Waals surface area contributed by atoms with Gasteiger partial charge in [-0.05, 0) is 23.8 Å². The number of hydrogen-bond acceptors (Lipinski definition) is 8. The third kappa shape index (κ3) is 5.18. The van der Waals surface area contributed by atoms with Crippen LogP contribution in [-0.4, -0.2) is 72.1 Å². The van der Waals surface area contributed by atoms with Crippen LogP contribution >= 0.6 is 0 Å². The predicted octanol–water partition coefficient (Wildman–Crippen LogP) is 1.88. The number of non-ortho nitro benzene ring substituents is 1. The normalized spacial score (nSPS) is 17.6. The highest BCUT2D eigenvalue weighted by molar-refractivity contribution is 5.44. The molecule has 160 valence electrons. The molecule has 1 saturated heterocycles. The van der Waals surface area contributed by atoms with Crippen LogP contribution in [0.3, 0.4) is 0 Å². The number of aliphatic hydroxyl groups is 1. The van der Waals surface area contributed by atoms with E-state index >= 15 is 0 Å². The maximum Gasteiger partial charge on any atom is 0.273 e. The van der Waals surface area contributed by atoms with Gasteiger partial charge in [0.1, 0.15) is 18.5 Å². The van der Waals surface area contributed by atoms with Crippen LogP contribution < -0.4 is 14.2 Å². The number of rotatable bonds is 8. The largest absolute Gasteiger partial charge is 0.491 e. The van der Waals surface area contributed by atoms with Crippen molar-refractivity contribution in [1.82, 2.24) is 9.80 Å². The van der Waals surface area contributed by atoms with E-state index < -0.39 is 11.0 Å². The summed E-state index contributed by atoms with van der Waals surface area (Å²) in [6.07, 6.45) is -0.662. The van der Waals surface area contributed by atoms with Gasteiger partial charge >= 0.3 is 0 Å². The van der Waals surface area contributed by atoms with E-state index in [4.69, 9.17) is 14.2 Å². The van der Waals surface area contributed by atoms with Gasteiger partial charge in [-0.25, -0.2) is 0 Å². The van der Waals surface area contributed by atoms with E-state index in [1.807, 2.05) is 12.1 Å². The minimum Gasteiger partial charge on any atom is -0.491 e. The number of ether oxygens (including phenoxy) is 3. The smallest absolute Gasteiger partial charge is 0.273 e. The Kier molecular flexibility index (Phi) is 6.32. The Bertz CT molecular complexity index is 885. The van der Waals surface area contributed by atoms with Gasteiger partial charge in [0.2, 0.25) is 6.79 Å². The summed E-state index contributed by atoms with van der Waals surface area (Å²) in [6.45, 7) is 5.27. The molecule has 0 aliphatic carbocycles. The highest BCUT2D eigenvalue weighted by atomic mass is 16.7. The van der Waals surface area contributed by atoms with Crippen LogP contribution in [0.1, 0.15) is 5.56 Å². The van der Waals surface area contributed by atoms with E-state index in [-0.39, 0.29) is 19.1 Å². The topological polar surface area (TPSA) is 97.5 Å². The van der Waals surface area contributed by atoms with Crippen molar-refractivity contribution in [3.8, 4) is 17.2 Å². The first-order valence-electron chi connectivity index (χ1n) is 9.95. The van der Waals surface area contributed by atoms with E-state index in [1.165, 1.54) is 17.7 Å². The predicted molar refractivity (Wildman–Crippen MR) is 109 cm³/mol. The first-order valence-corrected chi connectivity index (χ1v) is 9.95. The molecule has 2 heterocycles. The Hall–Kier alpha value is -2.88. The van der Waals surface area contributed by atoms with Crippen LogP contribution in [0.2, 0.25) is 0 Å². The molecule has 9 nitrogen and oxygen atoms in total. The van der Waals surface area contributed by atoms with Crippen molar-refractivity contribution in [2.24, 2.45) is 0 Å². The standard InChI is InChI=1S/C21H25N3O6/c25-18(14-28-19-3-1-2-17(11-19)24(26)27)13-23-8-6-22(7-9-23)12-16-4-5-20-21(10-16)30-15-29-20/h1-5,10-11,18,25H,6-9,12-15H2/t18-/m1/s1. The number of piperazine rings is 1. The van der Waals surface area contributed by atoms with E-state index in [1.54, 1.807) is 12.1 Å². The Morgan fingerprint density at radius 1 is 1.07 bits per heavy atom. The lowest BCUT2D eigenvalue weighted by molar-refractivity contribution is -0.384. The first kappa shape index (κ1) is 20.4. The van der Waals surface area contributed by atoms with Crippen molar-refractivity contribution in [2.45, 2.75) is 12.6 Å². The lowest BCUT2D eigenvalue weighted by Gasteiger charge is -2.35. The molecule has 0 unspecified atom stereocenters. The highest BCUT2D eigenvalue weighted by Gasteiger charge is 2.21. The summed E-state index contributed by atoms with van der Waals surface area (Å²) in [5, 5.41) is 21.1. The van der Waals surface area contributed by atoms with Crippen LogP contribution in [0, 0.1) is 10.1 Å². The molecule has 1 N–H and O–H groups in total. The van der Waals surface area contributed by atoms with Gasteiger partial charge in [-0.15, -0.1) is 0 Å². The SMILES string of the molecule is O=[N+]([O-])c1cccc(OC[C@H](O)CN2CCN(Cc3ccc4c(c3)OCO4)CC2)c1. The lowest BCUT2D eigenvalue weighted by Crippen LogP contribution is -2.48. The van der Waals surface area contributed by atoms with Gasteiger partial charge < -0.3 is 19.3 Å². The van der Waals surface area contributed by atoms with Crippen LogP contribution in [0.4, 0.5) is 5.69 Å². The van der Waals surface area contributed by atoms with E-state index in [0.29, 0.717) is 12.3 Å². The minimum atomic E-state index is -0.662. The molecule has 0 amide bonds. The minimum absolute atomic E-state index is 0.0272. The van der Waals surface area contributed by atoms with Gasteiger partial charge in [-0.3, -0.25) is 19.9 Å². The van der Waals surface area contributed by atoms with Crippen molar-refractivity contribution in [3.63, 3.8) is 0 Å². The lowest BCUT2D eigenvalue weighted by atomic mass is 10.1. The zero-order valence-electron chi connectivity index (χ0n) is 16.6. The summed E-state index contributed by atoms with van der Waals surface area (Å²) in [5.74, 6) is 1.99. The molecule has 4 rings (SSSR count). The number of fused-ring (bicyclic) bond motifs is 1. The summed E-state index contributed by atoms with van der Waals surface area (Å²) in [5.41, 5.74) is 1.17. The maximum atomic E-state index is 10.8. The fraction of sp³-hybridized carbons (Fsp3) is 0.429. The fourth-order valence-electron chi connectivity index (χ4n) is 3.66. The second-order valence-electron chi connectivity index (χ2n) is 7.48. The quantitative estimate of drug-likeness (QED) is 0.516. The molecule has 0 aromatic heterocycles. The molecule has 1 atom stereocenters. The van der Waals surface area contributed by atoms with E-state index in [2.05, 4.69) is 15.9 Å². The molecule has 2 aliphatic rings. The third-order valence-corrected chi connectivity index (χ3v) is 5.25. The zero-order chi connectivity index (χ0) is 20.9. The van der Waals surface area contributed by atoms with E-state index in [0.717, 1.165) is 44.2 Å². The molecule has 2 aliphatic heterocycles. The second kappa shape index (κ2) is 9.29. The molecule has 2 aromatic rings. The number of benzene rings is 2. The van der Waals surface area contributed by atoms with Gasteiger partial charge in [-0.1, -0.05) is 12.1 Å². The third-order valence-electron chi connectivity index (χ3n) is 5.25. The van der Waals surface area contributed by atoms with Crippen molar-refractivity contribution < 1.29 is 24.2 Å². The maximum absolute atomic E-state index is 10.8. The van der Waals surface area contributed by atoms with Crippen LogP contribution in [-0.2, 0) is 6.54 Å². The van der Waals surface area contributed by atoms with Gasteiger partial charge in [0.15, 0.2) is 11.5 Å². The van der Waals surface area contributed by atoms with Gasteiger partial charge in [-0.2, -0.15) is 0 Å². The Morgan fingerprint density at radius 2 is 1.83 bits per heavy atom. The van der Waals surface area contributed by atoms with Gasteiger partial charge in [0.25, 0.3) is 5.69 Å². The molecule has 0 radical (unpaired) electrons. The molecule has 0 spiro atoms. The summed E-state index contributed by atoms with van der Waals surface area (Å²) >= 11 is 0. The molecule has 1 fully saturated rings. The average molecular weight is 415 g/mol. The molecule has 9 heteroatoms. The summed E-state index contributed by atoms with van der Waals surface area (Å²) in [7, 11) is 0.